The van der Waals surface area contributed by atoms with Gasteiger partial charge in [0.25, 0.3) is 0 Å². The Labute approximate surface area is 399 Å². The SMILES string of the molecule is c1ccc(-c2nc(-c3ccc4c(c3)sc3cc(-c5cccc(-c6cccc(-c7ccc8c9ccccc9c9ccccc9c8c7)c6)c5)ccc34)nc(-c3ccc4sc5ccccc5c4c3)n2)cc1. The van der Waals surface area contributed by atoms with Gasteiger partial charge in [-0.15, -0.1) is 22.7 Å². The molecule has 0 fully saturated rings. The van der Waals surface area contributed by atoms with Gasteiger partial charge in [0.1, 0.15) is 0 Å². The van der Waals surface area contributed by atoms with Crippen LogP contribution in [-0.4, -0.2) is 15.0 Å². The highest BCUT2D eigenvalue weighted by Crippen LogP contribution is 2.42. The Morgan fingerprint density at radius 2 is 0.544 bits per heavy atom. The predicted octanol–water partition coefficient (Wildman–Crippen LogP) is 18.1. The second kappa shape index (κ2) is 15.6. The van der Waals surface area contributed by atoms with Crippen molar-refractivity contribution >= 4 is 95.3 Å². The molecule has 0 unspecified atom stereocenters. The molecule has 0 spiro atoms. The zero-order chi connectivity index (χ0) is 44.7. The average molecular weight is 900 g/mol. The van der Waals surface area contributed by atoms with Crippen molar-refractivity contribution in [1.82, 2.24) is 15.0 Å². The molecular weight excluding hydrogens is 863 g/mol. The van der Waals surface area contributed by atoms with Crippen molar-refractivity contribution in [3.8, 4) is 67.5 Å². The standard InChI is InChI=1S/C63H37N3S2/c1-2-12-38(13-3-1)61-64-62(45-27-31-58-56(35-45)52-22-8-9-23-57(52)67-58)66-63(65-61)46-26-30-54-53-29-25-44(36-59(53)68-60(54)37-46)42-17-11-15-40(33-42)39-14-10-16-41(32-39)43-24-28-51-49-20-5-4-18-47(49)48-19-6-7-21-50(48)55(51)34-43/h1-37H. The lowest BCUT2D eigenvalue weighted by Crippen LogP contribution is -2.00. The van der Waals surface area contributed by atoms with Crippen LogP contribution in [0.4, 0.5) is 0 Å². The summed E-state index contributed by atoms with van der Waals surface area (Å²) < 4.78 is 4.98. The van der Waals surface area contributed by atoms with Crippen molar-refractivity contribution in [2.24, 2.45) is 0 Å². The van der Waals surface area contributed by atoms with E-state index in [1.807, 2.05) is 40.9 Å². The monoisotopic (exact) mass is 899 g/mol. The molecule has 0 N–H and O–H groups in total. The fraction of sp³-hybridized carbons (Fsp3) is 0. The first kappa shape index (κ1) is 38.9. The number of fused-ring (bicyclic) bond motifs is 12. The van der Waals surface area contributed by atoms with Gasteiger partial charge in [-0.2, -0.15) is 0 Å². The van der Waals surface area contributed by atoms with Gasteiger partial charge in [0.2, 0.25) is 0 Å². The Bertz CT molecular complexity index is 4300. The maximum Gasteiger partial charge on any atom is 0.164 e. The zero-order valence-corrected chi connectivity index (χ0v) is 38.2. The molecule has 3 nitrogen and oxygen atoms in total. The minimum absolute atomic E-state index is 0.659. The van der Waals surface area contributed by atoms with Gasteiger partial charge in [0.15, 0.2) is 17.5 Å². The molecule has 0 saturated heterocycles. The van der Waals surface area contributed by atoms with Gasteiger partial charge >= 0.3 is 0 Å². The number of hydrogen-bond donors (Lipinski definition) is 0. The van der Waals surface area contributed by atoms with E-state index in [0.717, 1.165) is 16.7 Å². The molecule has 0 radical (unpaired) electrons. The number of benzene rings is 11. The number of thiophene rings is 2. The number of aromatic nitrogens is 3. The van der Waals surface area contributed by atoms with Crippen molar-refractivity contribution < 1.29 is 0 Å². The van der Waals surface area contributed by atoms with E-state index < -0.39 is 0 Å². The third kappa shape index (κ3) is 6.50. The minimum atomic E-state index is 0.659. The van der Waals surface area contributed by atoms with Gasteiger partial charge in [-0.25, -0.2) is 15.0 Å². The summed E-state index contributed by atoms with van der Waals surface area (Å²) in [5.74, 6) is 1.98. The van der Waals surface area contributed by atoms with Gasteiger partial charge in [-0.1, -0.05) is 170 Å². The first-order chi connectivity index (χ1) is 33.6. The first-order valence-electron chi connectivity index (χ1n) is 22.9. The Hall–Kier alpha value is -8.35. The zero-order valence-electron chi connectivity index (χ0n) is 36.5. The van der Waals surface area contributed by atoms with E-state index in [0.29, 0.717) is 17.5 Å². The van der Waals surface area contributed by atoms with Gasteiger partial charge in [-0.05, 0) is 120 Å². The minimum Gasteiger partial charge on any atom is -0.208 e. The molecule has 0 saturated carbocycles. The lowest BCUT2D eigenvalue weighted by atomic mass is 9.91. The third-order valence-corrected chi connectivity index (χ3v) is 15.8. The average Bonchev–Trinajstić information content (AvgIpc) is 3.98. The predicted molar refractivity (Wildman–Crippen MR) is 291 cm³/mol. The van der Waals surface area contributed by atoms with Gasteiger partial charge in [0, 0.05) is 57.0 Å². The van der Waals surface area contributed by atoms with Crippen molar-refractivity contribution in [3.05, 3.63) is 224 Å². The topological polar surface area (TPSA) is 38.7 Å². The molecule has 0 amide bonds. The van der Waals surface area contributed by atoms with Crippen LogP contribution >= 0.6 is 22.7 Å². The second-order valence-electron chi connectivity index (χ2n) is 17.5. The van der Waals surface area contributed by atoms with E-state index in [9.17, 15) is 0 Å². The van der Waals surface area contributed by atoms with Crippen LogP contribution in [0.5, 0.6) is 0 Å². The summed E-state index contributed by atoms with van der Waals surface area (Å²) in [6.45, 7) is 0. The van der Waals surface area contributed by atoms with Crippen LogP contribution in [0.15, 0.2) is 224 Å². The summed E-state index contributed by atoms with van der Waals surface area (Å²) in [4.78, 5) is 15.3. The fourth-order valence-electron chi connectivity index (χ4n) is 10.2. The Morgan fingerprint density at radius 1 is 0.191 bits per heavy atom. The molecule has 68 heavy (non-hydrogen) atoms. The summed E-state index contributed by atoms with van der Waals surface area (Å²) in [5.41, 5.74) is 10.1. The van der Waals surface area contributed by atoms with Crippen LogP contribution in [-0.2, 0) is 0 Å². The van der Waals surface area contributed by atoms with E-state index in [1.165, 1.54) is 106 Å². The number of nitrogens with zero attached hydrogens (tertiary/aromatic N) is 3. The maximum atomic E-state index is 5.16. The van der Waals surface area contributed by atoms with Crippen molar-refractivity contribution in [1.29, 1.82) is 0 Å². The van der Waals surface area contributed by atoms with E-state index >= 15 is 0 Å². The van der Waals surface area contributed by atoms with Crippen LogP contribution in [0.3, 0.4) is 0 Å². The summed E-state index contributed by atoms with van der Waals surface area (Å²) in [6, 6.07) is 81.3. The Morgan fingerprint density at radius 3 is 1.16 bits per heavy atom. The largest absolute Gasteiger partial charge is 0.208 e. The molecule has 3 aromatic heterocycles. The van der Waals surface area contributed by atoms with E-state index in [1.54, 1.807) is 0 Å². The summed E-state index contributed by atoms with van der Waals surface area (Å²) in [5, 5.41) is 12.7. The van der Waals surface area contributed by atoms with Crippen LogP contribution in [0, 0.1) is 0 Å². The Kier molecular flexibility index (Phi) is 8.94. The quantitative estimate of drug-likeness (QED) is 0.156. The van der Waals surface area contributed by atoms with E-state index in [-0.39, 0.29) is 0 Å². The lowest BCUT2D eigenvalue weighted by Gasteiger charge is -2.13. The molecule has 14 aromatic rings. The van der Waals surface area contributed by atoms with Crippen molar-refractivity contribution in [3.63, 3.8) is 0 Å². The first-order valence-corrected chi connectivity index (χ1v) is 24.5. The summed E-state index contributed by atoms with van der Waals surface area (Å²) >= 11 is 3.63. The molecule has 0 atom stereocenters. The highest BCUT2D eigenvalue weighted by Gasteiger charge is 2.17. The van der Waals surface area contributed by atoms with Crippen LogP contribution in [0.1, 0.15) is 0 Å². The fourth-order valence-corrected chi connectivity index (χ4v) is 12.4. The van der Waals surface area contributed by atoms with Gasteiger partial charge < -0.3 is 0 Å². The third-order valence-electron chi connectivity index (χ3n) is 13.5. The molecular formula is C63H37N3S2. The van der Waals surface area contributed by atoms with Crippen LogP contribution in [0.25, 0.3) is 140 Å². The summed E-state index contributed by atoms with van der Waals surface area (Å²) in [6.07, 6.45) is 0. The molecule has 316 valence electrons. The molecule has 3 heterocycles. The molecule has 0 aliphatic rings. The Balaban J connectivity index is 0.807. The normalized spacial score (nSPS) is 11.8. The van der Waals surface area contributed by atoms with Crippen molar-refractivity contribution in [2.75, 3.05) is 0 Å². The second-order valence-corrected chi connectivity index (χ2v) is 19.7. The number of hydrogen-bond acceptors (Lipinski definition) is 5. The molecule has 14 rings (SSSR count). The molecule has 0 bridgehead atoms. The molecule has 0 aliphatic carbocycles. The molecule has 5 heteroatoms. The summed E-state index contributed by atoms with van der Waals surface area (Å²) in [7, 11) is 0. The molecule has 11 aromatic carbocycles. The van der Waals surface area contributed by atoms with Gasteiger partial charge in [0.05, 0.1) is 0 Å². The van der Waals surface area contributed by atoms with Gasteiger partial charge in [-0.3, -0.25) is 0 Å². The lowest BCUT2D eigenvalue weighted by molar-refractivity contribution is 1.08. The van der Waals surface area contributed by atoms with E-state index in [4.69, 9.17) is 15.0 Å². The van der Waals surface area contributed by atoms with E-state index in [2.05, 4.69) is 206 Å². The smallest absolute Gasteiger partial charge is 0.164 e. The molecule has 0 aliphatic heterocycles. The maximum absolute atomic E-state index is 5.16. The van der Waals surface area contributed by atoms with Crippen molar-refractivity contribution in [2.45, 2.75) is 0 Å². The van der Waals surface area contributed by atoms with Crippen LogP contribution < -0.4 is 0 Å². The number of rotatable bonds is 6. The van der Waals surface area contributed by atoms with Crippen LogP contribution in [0.2, 0.25) is 0 Å². The highest BCUT2D eigenvalue weighted by atomic mass is 32.1. The highest BCUT2D eigenvalue weighted by molar-refractivity contribution is 7.26.